The van der Waals surface area contributed by atoms with Crippen molar-refractivity contribution >= 4 is 15.9 Å². The van der Waals surface area contributed by atoms with Gasteiger partial charge in [-0.1, -0.05) is 6.92 Å². The molecule has 1 aliphatic rings. The number of hydrogen-bond donors (Lipinski definition) is 1. The molecule has 15 heavy (non-hydrogen) atoms. The minimum absolute atomic E-state index is 0.0180. The molecule has 0 aromatic carbocycles. The zero-order valence-corrected chi connectivity index (χ0v) is 9.50. The summed E-state index contributed by atoms with van der Waals surface area (Å²) < 4.78 is 27.3. The van der Waals surface area contributed by atoms with E-state index in [0.29, 0.717) is 6.54 Å². The van der Waals surface area contributed by atoms with Gasteiger partial charge in [-0.05, 0) is 0 Å². The van der Waals surface area contributed by atoms with Gasteiger partial charge in [0.15, 0.2) is 9.84 Å². The number of ether oxygens (including phenoxy) is 1. The summed E-state index contributed by atoms with van der Waals surface area (Å²) in [7, 11) is -3.04. The fraction of sp³-hybridized carbons (Fsp3) is 0.875. The summed E-state index contributed by atoms with van der Waals surface area (Å²) in [6.07, 6.45) is -0.779. The van der Waals surface area contributed by atoms with Crippen molar-refractivity contribution in [3.8, 4) is 0 Å². The number of carbonyl (C=O) groups excluding carboxylic acids is 1. The van der Waals surface area contributed by atoms with Crippen LogP contribution in [0.4, 0.5) is 4.79 Å². The maximum Gasteiger partial charge on any atom is 0.410 e. The van der Waals surface area contributed by atoms with Crippen LogP contribution >= 0.6 is 0 Å². The lowest BCUT2D eigenvalue weighted by Gasteiger charge is -2.11. The van der Waals surface area contributed by atoms with Crippen LogP contribution in [0.3, 0.4) is 0 Å². The van der Waals surface area contributed by atoms with E-state index >= 15 is 0 Å². The van der Waals surface area contributed by atoms with Gasteiger partial charge in [-0.3, -0.25) is 0 Å². The number of nitrogens with two attached hydrogens (primary N) is 1. The molecule has 1 heterocycles. The van der Waals surface area contributed by atoms with Crippen molar-refractivity contribution in [2.75, 3.05) is 31.1 Å². The quantitative estimate of drug-likeness (QED) is 0.675. The topological polar surface area (TPSA) is 89.7 Å². The van der Waals surface area contributed by atoms with E-state index in [1.165, 1.54) is 4.90 Å². The van der Waals surface area contributed by atoms with E-state index in [1.54, 1.807) is 6.92 Å². The number of nitrogens with zero attached hydrogens (tertiary/aromatic N) is 1. The largest absolute Gasteiger partial charge is 0.443 e. The first-order chi connectivity index (χ1) is 6.98. The summed E-state index contributed by atoms with van der Waals surface area (Å²) in [5, 5.41) is 0. The van der Waals surface area contributed by atoms with E-state index in [1.807, 2.05) is 0 Å². The molecule has 1 unspecified atom stereocenters. The Morgan fingerprint density at radius 2 is 2.27 bits per heavy atom. The molecule has 1 fully saturated rings. The molecule has 0 saturated carbocycles. The highest BCUT2D eigenvalue weighted by Gasteiger charge is 2.30. The second-order valence-electron chi connectivity index (χ2n) is 3.42. The van der Waals surface area contributed by atoms with Crippen molar-refractivity contribution < 1.29 is 17.9 Å². The molecule has 1 amide bonds. The van der Waals surface area contributed by atoms with Crippen LogP contribution in [0.15, 0.2) is 0 Å². The number of hydrogen-bond acceptors (Lipinski definition) is 5. The van der Waals surface area contributed by atoms with E-state index < -0.39 is 15.9 Å². The molecule has 0 aliphatic carbocycles. The lowest BCUT2D eigenvalue weighted by molar-refractivity contribution is 0.135. The smallest absolute Gasteiger partial charge is 0.410 e. The molecule has 0 aromatic rings. The normalized spacial score (nSPS) is 21.9. The number of rotatable bonds is 5. The molecule has 1 atom stereocenters. The SMILES string of the molecule is CCS(=O)(=O)CCN1CC(CN)OC1=O. The van der Waals surface area contributed by atoms with Gasteiger partial charge in [-0.15, -0.1) is 0 Å². The van der Waals surface area contributed by atoms with E-state index in [0.717, 1.165) is 0 Å². The van der Waals surface area contributed by atoms with Crippen molar-refractivity contribution in [3.05, 3.63) is 0 Å². The Morgan fingerprint density at radius 1 is 1.60 bits per heavy atom. The molecule has 7 heteroatoms. The molecule has 0 radical (unpaired) electrons. The maximum atomic E-state index is 11.2. The Kier molecular flexibility index (Phi) is 3.92. The van der Waals surface area contributed by atoms with E-state index in [4.69, 9.17) is 10.5 Å². The molecule has 0 spiro atoms. The van der Waals surface area contributed by atoms with Crippen LogP contribution in [-0.4, -0.2) is 56.7 Å². The zero-order chi connectivity index (χ0) is 11.5. The minimum Gasteiger partial charge on any atom is -0.443 e. The van der Waals surface area contributed by atoms with Crippen LogP contribution in [0.2, 0.25) is 0 Å². The fourth-order valence-corrected chi connectivity index (χ4v) is 2.06. The predicted octanol–water partition coefficient (Wildman–Crippen LogP) is -0.799. The Labute approximate surface area is 89.3 Å². The molecule has 1 rings (SSSR count). The van der Waals surface area contributed by atoms with Crippen LogP contribution < -0.4 is 5.73 Å². The van der Waals surface area contributed by atoms with Crippen molar-refractivity contribution in [2.24, 2.45) is 5.73 Å². The lowest BCUT2D eigenvalue weighted by atomic mass is 10.3. The number of carbonyl (C=O) groups is 1. The van der Waals surface area contributed by atoms with E-state index in [-0.39, 0.29) is 30.7 Å². The van der Waals surface area contributed by atoms with Gasteiger partial charge in [-0.25, -0.2) is 13.2 Å². The third-order valence-corrected chi connectivity index (χ3v) is 4.01. The van der Waals surface area contributed by atoms with Gasteiger partial charge < -0.3 is 15.4 Å². The van der Waals surface area contributed by atoms with Crippen LogP contribution in [0.5, 0.6) is 0 Å². The second-order valence-corrected chi connectivity index (χ2v) is 5.90. The van der Waals surface area contributed by atoms with E-state index in [9.17, 15) is 13.2 Å². The maximum absolute atomic E-state index is 11.2. The van der Waals surface area contributed by atoms with Crippen molar-refractivity contribution in [1.82, 2.24) is 4.90 Å². The Balaban J connectivity index is 2.44. The third-order valence-electron chi connectivity index (χ3n) is 2.32. The minimum atomic E-state index is -3.04. The summed E-state index contributed by atoms with van der Waals surface area (Å²) >= 11 is 0. The molecule has 1 aliphatic heterocycles. The molecular formula is C8H16N2O4S. The molecular weight excluding hydrogens is 220 g/mol. The Bertz CT molecular complexity index is 328. The highest BCUT2D eigenvalue weighted by atomic mass is 32.2. The Morgan fingerprint density at radius 3 is 2.73 bits per heavy atom. The summed E-state index contributed by atoms with van der Waals surface area (Å²) in [5.74, 6) is 0.0755. The second kappa shape index (κ2) is 4.80. The molecule has 2 N–H and O–H groups in total. The summed E-state index contributed by atoms with van der Waals surface area (Å²) in [5.41, 5.74) is 5.34. The average Bonchev–Trinajstić information content (AvgIpc) is 2.57. The predicted molar refractivity (Wildman–Crippen MR) is 55.2 cm³/mol. The summed E-state index contributed by atoms with van der Waals surface area (Å²) in [4.78, 5) is 12.6. The van der Waals surface area contributed by atoms with Crippen LogP contribution in [0, 0.1) is 0 Å². The third kappa shape index (κ3) is 3.35. The molecule has 1 saturated heterocycles. The summed E-state index contributed by atoms with van der Waals surface area (Å²) in [6.45, 7) is 2.42. The van der Waals surface area contributed by atoms with Crippen molar-refractivity contribution in [2.45, 2.75) is 13.0 Å². The number of cyclic esters (lactones) is 1. The van der Waals surface area contributed by atoms with Gasteiger partial charge in [0.05, 0.1) is 12.3 Å². The van der Waals surface area contributed by atoms with Crippen LogP contribution in [0.25, 0.3) is 0 Å². The molecule has 6 nitrogen and oxygen atoms in total. The average molecular weight is 236 g/mol. The fourth-order valence-electron chi connectivity index (χ4n) is 1.27. The molecule has 0 aromatic heterocycles. The number of amides is 1. The first-order valence-corrected chi connectivity index (χ1v) is 6.66. The first kappa shape index (κ1) is 12.3. The van der Waals surface area contributed by atoms with Crippen LogP contribution in [0.1, 0.15) is 6.92 Å². The highest BCUT2D eigenvalue weighted by molar-refractivity contribution is 7.91. The van der Waals surface area contributed by atoms with Crippen molar-refractivity contribution in [1.29, 1.82) is 0 Å². The van der Waals surface area contributed by atoms with Crippen LogP contribution in [-0.2, 0) is 14.6 Å². The van der Waals surface area contributed by atoms with Gasteiger partial charge in [0.25, 0.3) is 0 Å². The zero-order valence-electron chi connectivity index (χ0n) is 8.68. The number of sulfone groups is 1. The highest BCUT2D eigenvalue weighted by Crippen LogP contribution is 2.10. The molecule has 88 valence electrons. The summed E-state index contributed by atoms with van der Waals surface area (Å²) in [6, 6.07) is 0. The van der Waals surface area contributed by atoms with Gasteiger partial charge in [0.2, 0.25) is 0 Å². The first-order valence-electron chi connectivity index (χ1n) is 4.84. The van der Waals surface area contributed by atoms with Crippen molar-refractivity contribution in [3.63, 3.8) is 0 Å². The Hall–Kier alpha value is -0.820. The van der Waals surface area contributed by atoms with Gasteiger partial charge in [-0.2, -0.15) is 0 Å². The molecule has 0 bridgehead atoms. The lowest BCUT2D eigenvalue weighted by Crippen LogP contribution is -2.32. The van der Waals surface area contributed by atoms with E-state index in [2.05, 4.69) is 0 Å². The standard InChI is InChI=1S/C8H16N2O4S/c1-2-15(12,13)4-3-10-6-7(5-9)14-8(10)11/h7H,2-6,9H2,1H3. The van der Waals surface area contributed by atoms with Gasteiger partial charge in [0.1, 0.15) is 6.10 Å². The monoisotopic (exact) mass is 236 g/mol. The van der Waals surface area contributed by atoms with Gasteiger partial charge in [0, 0.05) is 18.8 Å². The van der Waals surface area contributed by atoms with Gasteiger partial charge >= 0.3 is 6.09 Å².